The Morgan fingerprint density at radius 3 is 2.73 bits per heavy atom. The summed E-state index contributed by atoms with van der Waals surface area (Å²) >= 11 is 0. The molecule has 0 amide bonds. The lowest BCUT2D eigenvalue weighted by atomic mass is 9.96. The first-order valence-corrected chi connectivity index (χ1v) is 4.77. The summed E-state index contributed by atoms with van der Waals surface area (Å²) in [5.41, 5.74) is 0. The van der Waals surface area contributed by atoms with Crippen LogP contribution in [0.2, 0.25) is 0 Å². The maximum absolute atomic E-state index is 5.76. The molecule has 11 heavy (non-hydrogen) atoms. The van der Waals surface area contributed by atoms with Crippen LogP contribution in [0.15, 0.2) is 0 Å². The van der Waals surface area contributed by atoms with E-state index >= 15 is 0 Å². The van der Waals surface area contributed by atoms with Crippen LogP contribution >= 0.6 is 0 Å². The van der Waals surface area contributed by atoms with Crippen LogP contribution in [0.25, 0.3) is 0 Å². The van der Waals surface area contributed by atoms with Crippen LogP contribution in [0.1, 0.15) is 45.4 Å². The average molecular weight is 155 g/mol. The smallest absolute Gasteiger partial charge is 0.0578 e. The van der Waals surface area contributed by atoms with Crippen molar-refractivity contribution < 1.29 is 4.74 Å². The highest BCUT2D eigenvalue weighted by atomic mass is 16.5. The molecule has 0 aromatic heterocycles. The zero-order valence-electron chi connectivity index (χ0n) is 7.51. The van der Waals surface area contributed by atoms with Gasteiger partial charge in [-0.25, -0.2) is 0 Å². The number of unbranched alkanes of at least 4 members (excludes halogenated alkanes) is 1. The van der Waals surface area contributed by atoms with Crippen LogP contribution in [-0.4, -0.2) is 12.2 Å². The van der Waals surface area contributed by atoms with E-state index in [9.17, 15) is 0 Å². The van der Waals surface area contributed by atoms with Crippen LogP contribution in [0, 0.1) is 6.92 Å². The van der Waals surface area contributed by atoms with Gasteiger partial charge in [0.25, 0.3) is 0 Å². The molecule has 1 saturated carbocycles. The van der Waals surface area contributed by atoms with Gasteiger partial charge in [-0.1, -0.05) is 19.8 Å². The minimum Gasteiger partial charge on any atom is -0.375 e. The molecule has 0 aliphatic heterocycles. The molecule has 1 heteroatoms. The van der Waals surface area contributed by atoms with Crippen molar-refractivity contribution in [2.45, 2.75) is 57.7 Å². The van der Waals surface area contributed by atoms with Gasteiger partial charge in [-0.15, -0.1) is 0 Å². The minimum atomic E-state index is 0.460. The molecule has 0 N–H and O–H groups in total. The van der Waals surface area contributed by atoms with Crippen molar-refractivity contribution in [1.82, 2.24) is 0 Å². The second-order valence-corrected chi connectivity index (χ2v) is 3.50. The van der Waals surface area contributed by atoms with Crippen molar-refractivity contribution in [2.24, 2.45) is 0 Å². The molecule has 0 aromatic carbocycles. The summed E-state index contributed by atoms with van der Waals surface area (Å²) in [5.74, 6) is 0. The lowest BCUT2D eigenvalue weighted by Gasteiger charge is -2.28. The highest BCUT2D eigenvalue weighted by Crippen LogP contribution is 2.24. The Kier molecular flexibility index (Phi) is 3.92. The quantitative estimate of drug-likeness (QED) is 0.593. The van der Waals surface area contributed by atoms with E-state index in [2.05, 4.69) is 13.8 Å². The van der Waals surface area contributed by atoms with Crippen molar-refractivity contribution in [3.63, 3.8) is 0 Å². The van der Waals surface area contributed by atoms with Crippen molar-refractivity contribution in [2.75, 3.05) is 0 Å². The molecule has 1 unspecified atom stereocenters. The first-order chi connectivity index (χ1) is 5.33. The number of ether oxygens (including phenoxy) is 1. The Morgan fingerprint density at radius 1 is 1.55 bits per heavy atom. The molecule has 1 fully saturated rings. The Hall–Kier alpha value is -0.0400. The molecule has 0 bridgehead atoms. The summed E-state index contributed by atoms with van der Waals surface area (Å²) in [4.78, 5) is 0. The van der Waals surface area contributed by atoms with Gasteiger partial charge in [0.2, 0.25) is 0 Å². The van der Waals surface area contributed by atoms with Crippen LogP contribution < -0.4 is 0 Å². The van der Waals surface area contributed by atoms with Gasteiger partial charge >= 0.3 is 0 Å². The first-order valence-electron chi connectivity index (χ1n) is 4.77. The SMILES string of the molecule is [CH2]CCCC(C)OC1CCC1. The molecular formula is C10H19O. The summed E-state index contributed by atoms with van der Waals surface area (Å²) in [6.45, 7) is 5.99. The minimum absolute atomic E-state index is 0.460. The molecule has 1 nitrogen and oxygen atoms in total. The molecule has 65 valence electrons. The molecule has 0 aromatic rings. The van der Waals surface area contributed by atoms with Crippen LogP contribution in [-0.2, 0) is 4.74 Å². The Balaban J connectivity index is 1.95. The van der Waals surface area contributed by atoms with Crippen LogP contribution in [0.4, 0.5) is 0 Å². The fraction of sp³-hybridized carbons (Fsp3) is 0.900. The topological polar surface area (TPSA) is 9.23 Å². The summed E-state index contributed by atoms with van der Waals surface area (Å²) in [6, 6.07) is 0. The molecule has 0 saturated heterocycles. The predicted molar refractivity (Wildman–Crippen MR) is 47.4 cm³/mol. The van der Waals surface area contributed by atoms with E-state index in [0.717, 1.165) is 6.42 Å². The maximum atomic E-state index is 5.76. The highest BCUT2D eigenvalue weighted by Gasteiger charge is 2.19. The van der Waals surface area contributed by atoms with E-state index in [0.29, 0.717) is 12.2 Å². The molecule has 1 radical (unpaired) electrons. The van der Waals surface area contributed by atoms with E-state index in [4.69, 9.17) is 4.74 Å². The third-order valence-electron chi connectivity index (χ3n) is 2.34. The largest absolute Gasteiger partial charge is 0.375 e. The predicted octanol–water partition coefficient (Wildman–Crippen LogP) is 2.95. The molecule has 0 heterocycles. The molecule has 1 aliphatic rings. The van der Waals surface area contributed by atoms with Gasteiger partial charge in [0, 0.05) is 0 Å². The molecule has 0 spiro atoms. The fourth-order valence-corrected chi connectivity index (χ4v) is 1.34. The van der Waals surface area contributed by atoms with Gasteiger partial charge < -0.3 is 4.74 Å². The standard InChI is InChI=1S/C10H19O/c1-3-4-6-9(2)11-10-7-5-8-10/h9-10H,1,3-8H2,2H3. The summed E-state index contributed by atoms with van der Waals surface area (Å²) in [7, 11) is 0. The van der Waals surface area contributed by atoms with Crippen molar-refractivity contribution in [3.05, 3.63) is 6.92 Å². The molecular weight excluding hydrogens is 136 g/mol. The molecule has 1 rings (SSSR count). The zero-order chi connectivity index (χ0) is 8.10. The fourth-order valence-electron chi connectivity index (χ4n) is 1.34. The lowest BCUT2D eigenvalue weighted by Crippen LogP contribution is -2.26. The van der Waals surface area contributed by atoms with Crippen molar-refractivity contribution in [1.29, 1.82) is 0 Å². The van der Waals surface area contributed by atoms with E-state index in [1.807, 2.05) is 0 Å². The van der Waals surface area contributed by atoms with E-state index in [1.54, 1.807) is 0 Å². The Bertz CT molecular complexity index is 97.0. The van der Waals surface area contributed by atoms with Gasteiger partial charge in [0.05, 0.1) is 12.2 Å². The number of hydrogen-bond acceptors (Lipinski definition) is 1. The van der Waals surface area contributed by atoms with Gasteiger partial charge in [-0.2, -0.15) is 0 Å². The second-order valence-electron chi connectivity index (χ2n) is 3.50. The van der Waals surface area contributed by atoms with E-state index in [-0.39, 0.29) is 0 Å². The second kappa shape index (κ2) is 4.76. The maximum Gasteiger partial charge on any atom is 0.0578 e. The van der Waals surface area contributed by atoms with E-state index < -0.39 is 0 Å². The number of rotatable bonds is 5. The Labute approximate surface area is 70.1 Å². The van der Waals surface area contributed by atoms with E-state index in [1.165, 1.54) is 32.1 Å². The first kappa shape index (κ1) is 9.05. The average Bonchev–Trinajstić information content (AvgIpc) is 1.93. The van der Waals surface area contributed by atoms with Crippen molar-refractivity contribution in [3.8, 4) is 0 Å². The van der Waals surface area contributed by atoms with Gasteiger partial charge in [0.1, 0.15) is 0 Å². The third kappa shape index (κ3) is 3.24. The van der Waals surface area contributed by atoms with Gasteiger partial charge in [-0.3, -0.25) is 0 Å². The zero-order valence-corrected chi connectivity index (χ0v) is 7.51. The summed E-state index contributed by atoms with van der Waals surface area (Å²) in [6.07, 6.45) is 8.42. The van der Waals surface area contributed by atoms with Crippen LogP contribution in [0.3, 0.4) is 0 Å². The highest BCUT2D eigenvalue weighted by molar-refractivity contribution is 4.70. The normalized spacial score (nSPS) is 21.3. The van der Waals surface area contributed by atoms with Crippen molar-refractivity contribution >= 4 is 0 Å². The summed E-state index contributed by atoms with van der Waals surface area (Å²) in [5, 5.41) is 0. The number of hydrogen-bond donors (Lipinski definition) is 0. The lowest BCUT2D eigenvalue weighted by molar-refractivity contribution is -0.0463. The monoisotopic (exact) mass is 155 g/mol. The summed E-state index contributed by atoms with van der Waals surface area (Å²) < 4.78 is 5.76. The third-order valence-corrected chi connectivity index (χ3v) is 2.34. The van der Waals surface area contributed by atoms with Gasteiger partial charge in [0.15, 0.2) is 0 Å². The van der Waals surface area contributed by atoms with Gasteiger partial charge in [-0.05, 0) is 32.6 Å². The Morgan fingerprint density at radius 2 is 2.27 bits per heavy atom. The molecule has 1 atom stereocenters. The van der Waals surface area contributed by atoms with Crippen LogP contribution in [0.5, 0.6) is 0 Å². The molecule has 1 aliphatic carbocycles.